The minimum Gasteiger partial charge on any atom is -0.460 e. The van der Waals surface area contributed by atoms with Gasteiger partial charge in [-0.15, -0.1) is 0 Å². The molecular formula is C13H22N4O3. The average molecular weight is 282 g/mol. The molecule has 1 aromatic heterocycles. The van der Waals surface area contributed by atoms with Gasteiger partial charge in [-0.3, -0.25) is 15.0 Å². The first kappa shape index (κ1) is 16.0. The number of nitrogens with one attached hydrogen (secondary N) is 2. The molecule has 0 aliphatic carbocycles. The van der Waals surface area contributed by atoms with Crippen molar-refractivity contribution in [1.82, 2.24) is 9.66 Å². The summed E-state index contributed by atoms with van der Waals surface area (Å²) < 4.78 is 5.94. The molecule has 20 heavy (non-hydrogen) atoms. The molecule has 7 heteroatoms. The van der Waals surface area contributed by atoms with E-state index in [1.54, 1.807) is 0 Å². The summed E-state index contributed by atoms with van der Waals surface area (Å²) in [7, 11) is 0. The maximum absolute atomic E-state index is 11.6. The Balaban J connectivity index is 2.69. The number of nitrogens with zero attached hydrogens (tertiary/aromatic N) is 1. The van der Waals surface area contributed by atoms with Gasteiger partial charge in [0, 0.05) is 18.2 Å². The third kappa shape index (κ3) is 4.56. The molecule has 1 heterocycles. The fourth-order valence-electron chi connectivity index (χ4n) is 1.69. The highest BCUT2D eigenvalue weighted by Crippen LogP contribution is 2.18. The second kappa shape index (κ2) is 5.94. The average Bonchev–Trinajstić information content (AvgIpc) is 2.30. The minimum atomic E-state index is -0.499. The molecule has 0 bridgehead atoms. The molecule has 4 N–H and O–H groups in total. The van der Waals surface area contributed by atoms with Gasteiger partial charge in [0.05, 0.1) is 0 Å². The summed E-state index contributed by atoms with van der Waals surface area (Å²) in [6.07, 6.45) is 0.782. The molecular weight excluding hydrogens is 260 g/mol. The first-order valence-corrected chi connectivity index (χ1v) is 6.48. The third-order valence-electron chi connectivity index (χ3n) is 2.75. The zero-order valence-electron chi connectivity index (χ0n) is 12.3. The number of esters is 1. The Bertz CT molecular complexity index is 564. The van der Waals surface area contributed by atoms with E-state index in [-0.39, 0.29) is 23.9 Å². The summed E-state index contributed by atoms with van der Waals surface area (Å²) in [5, 5.41) is 7.52. The molecule has 0 aliphatic rings. The van der Waals surface area contributed by atoms with Crippen LogP contribution in [-0.4, -0.2) is 21.2 Å². The van der Waals surface area contributed by atoms with Gasteiger partial charge in [0.15, 0.2) is 0 Å². The Labute approximate surface area is 117 Å². The van der Waals surface area contributed by atoms with Crippen molar-refractivity contribution in [2.24, 2.45) is 0 Å². The van der Waals surface area contributed by atoms with Crippen LogP contribution in [0.2, 0.25) is 0 Å². The highest BCUT2D eigenvalue weighted by molar-refractivity contribution is 5.69. The van der Waals surface area contributed by atoms with E-state index in [1.807, 2.05) is 27.7 Å². The second-order valence-corrected chi connectivity index (χ2v) is 5.81. The van der Waals surface area contributed by atoms with Gasteiger partial charge in [-0.2, -0.15) is 4.68 Å². The van der Waals surface area contributed by atoms with Crippen molar-refractivity contribution < 1.29 is 9.53 Å². The molecule has 1 atom stereocenters. The van der Waals surface area contributed by atoms with Gasteiger partial charge in [-0.1, -0.05) is 6.92 Å². The molecule has 1 aromatic rings. The summed E-state index contributed by atoms with van der Waals surface area (Å²) in [5.74, 6) is 5.01. The van der Waals surface area contributed by atoms with Crippen molar-refractivity contribution in [3.05, 3.63) is 27.7 Å². The van der Waals surface area contributed by atoms with E-state index in [1.165, 1.54) is 6.07 Å². The maximum Gasteiger partial charge on any atom is 0.306 e. The van der Waals surface area contributed by atoms with Crippen LogP contribution in [-0.2, 0) is 9.53 Å². The van der Waals surface area contributed by atoms with Crippen LogP contribution in [0.1, 0.15) is 52.1 Å². The molecule has 0 amide bonds. The molecule has 1 rings (SSSR count). The molecule has 0 saturated heterocycles. The lowest BCUT2D eigenvalue weighted by atomic mass is 10.0. The van der Waals surface area contributed by atoms with E-state index in [2.05, 4.69) is 4.98 Å². The van der Waals surface area contributed by atoms with Gasteiger partial charge >= 0.3 is 5.97 Å². The molecule has 0 saturated carbocycles. The second-order valence-electron chi connectivity index (χ2n) is 5.81. The van der Waals surface area contributed by atoms with Gasteiger partial charge in [0.1, 0.15) is 5.60 Å². The summed E-state index contributed by atoms with van der Waals surface area (Å²) in [4.78, 5) is 25.9. The number of hydrogen-bond donors (Lipinski definition) is 3. The Hall–Kier alpha value is -2.05. The lowest BCUT2D eigenvalue weighted by Crippen LogP contribution is -2.41. The summed E-state index contributed by atoms with van der Waals surface area (Å²) in [5.41, 5.74) is -0.532. The van der Waals surface area contributed by atoms with Crippen molar-refractivity contribution >= 4 is 5.97 Å². The Kier molecular flexibility index (Phi) is 4.75. The lowest BCUT2D eigenvalue weighted by Gasteiger charge is -2.20. The van der Waals surface area contributed by atoms with E-state index in [9.17, 15) is 9.59 Å². The predicted octanol–water partition coefficient (Wildman–Crippen LogP) is 0.595. The number of nitrogens with two attached hydrogens (primary N) is 1. The molecule has 7 nitrogen and oxygen atoms in total. The molecule has 0 aromatic carbocycles. The van der Waals surface area contributed by atoms with Crippen LogP contribution in [0.25, 0.3) is 0 Å². The molecule has 0 aliphatic heterocycles. The largest absolute Gasteiger partial charge is 0.460 e. The zero-order valence-corrected chi connectivity index (χ0v) is 12.3. The van der Waals surface area contributed by atoms with Gasteiger partial charge in [0.25, 0.3) is 5.56 Å². The van der Waals surface area contributed by atoms with E-state index in [0.29, 0.717) is 12.1 Å². The molecule has 0 spiro atoms. The first-order valence-electron chi connectivity index (χ1n) is 6.48. The fourth-order valence-corrected chi connectivity index (χ4v) is 1.69. The van der Waals surface area contributed by atoms with Crippen molar-refractivity contribution in [1.29, 1.82) is 5.41 Å². The van der Waals surface area contributed by atoms with Crippen molar-refractivity contribution in [3.8, 4) is 0 Å². The maximum atomic E-state index is 11.6. The van der Waals surface area contributed by atoms with E-state index in [0.717, 1.165) is 4.68 Å². The molecule has 0 radical (unpaired) electrons. The number of nitrogen functional groups attached to an aromatic ring is 1. The molecule has 0 fully saturated rings. The van der Waals surface area contributed by atoms with Crippen LogP contribution in [0.3, 0.4) is 0 Å². The molecule has 0 unspecified atom stereocenters. The van der Waals surface area contributed by atoms with Crippen LogP contribution >= 0.6 is 0 Å². The normalized spacial score (nSPS) is 13.0. The standard InChI is InChI=1S/C13H22N4O3/c1-8(5-6-11(19)20-13(2,3)4)9-7-10(18)17(15)12(14)16-9/h7-8H,5-6,15H2,1-4H3,(H2,14,16)/t8-/m1/s1. The Morgan fingerprint density at radius 2 is 2.15 bits per heavy atom. The summed E-state index contributed by atoms with van der Waals surface area (Å²) >= 11 is 0. The smallest absolute Gasteiger partial charge is 0.306 e. The highest BCUT2D eigenvalue weighted by atomic mass is 16.6. The van der Waals surface area contributed by atoms with Crippen LogP contribution in [0.4, 0.5) is 0 Å². The topological polar surface area (TPSA) is 114 Å². The number of carbonyl (C=O) groups excluding carboxylic acids is 1. The number of carbonyl (C=O) groups is 1. The number of rotatable bonds is 4. The van der Waals surface area contributed by atoms with Crippen molar-refractivity contribution in [2.45, 2.75) is 52.1 Å². The third-order valence-corrected chi connectivity index (χ3v) is 2.75. The van der Waals surface area contributed by atoms with E-state index < -0.39 is 11.2 Å². The van der Waals surface area contributed by atoms with Crippen LogP contribution in [0, 0.1) is 5.41 Å². The number of ether oxygens (including phenoxy) is 1. The van der Waals surface area contributed by atoms with Crippen LogP contribution in [0.15, 0.2) is 10.9 Å². The first-order chi connectivity index (χ1) is 9.10. The lowest BCUT2D eigenvalue weighted by molar-refractivity contribution is -0.155. The zero-order chi connectivity index (χ0) is 15.5. The molecule has 112 valence electrons. The van der Waals surface area contributed by atoms with Crippen LogP contribution in [0.5, 0.6) is 0 Å². The number of H-pyrrole nitrogens is 1. The predicted molar refractivity (Wildman–Crippen MR) is 74.6 cm³/mol. The summed E-state index contributed by atoms with van der Waals surface area (Å²) in [6, 6.07) is 1.35. The fraction of sp³-hybridized carbons (Fsp3) is 0.615. The van der Waals surface area contributed by atoms with Gasteiger partial charge in [-0.05, 0) is 33.1 Å². The van der Waals surface area contributed by atoms with Crippen LogP contribution < -0.4 is 17.0 Å². The van der Waals surface area contributed by atoms with Gasteiger partial charge in [-0.25, -0.2) is 0 Å². The Morgan fingerprint density at radius 3 is 2.65 bits per heavy atom. The minimum absolute atomic E-state index is 0.0690. The number of aromatic nitrogens is 2. The quantitative estimate of drug-likeness (QED) is 0.554. The summed E-state index contributed by atoms with van der Waals surface area (Å²) in [6.45, 7) is 7.32. The van der Waals surface area contributed by atoms with Gasteiger partial charge < -0.3 is 15.6 Å². The van der Waals surface area contributed by atoms with E-state index >= 15 is 0 Å². The van der Waals surface area contributed by atoms with Crippen molar-refractivity contribution in [3.63, 3.8) is 0 Å². The van der Waals surface area contributed by atoms with Crippen molar-refractivity contribution in [2.75, 3.05) is 5.84 Å². The highest BCUT2D eigenvalue weighted by Gasteiger charge is 2.17. The number of hydrogen-bond acceptors (Lipinski definition) is 5. The van der Waals surface area contributed by atoms with Gasteiger partial charge in [0.2, 0.25) is 5.62 Å². The van der Waals surface area contributed by atoms with E-state index in [4.69, 9.17) is 16.0 Å². The Morgan fingerprint density at radius 1 is 1.55 bits per heavy atom. The number of aromatic amines is 1. The monoisotopic (exact) mass is 282 g/mol. The SMILES string of the molecule is C[C@H](CCC(=O)OC(C)(C)C)c1cc(=O)n(N)c(=N)[nH]1.